The zero-order chi connectivity index (χ0) is 51.1. The van der Waals surface area contributed by atoms with Crippen molar-refractivity contribution in [1.82, 2.24) is 24.9 Å². The molecule has 0 spiro atoms. The number of halogens is 3. The molecule has 0 bridgehead atoms. The molecule has 3 heterocycles. The van der Waals surface area contributed by atoms with Crippen LogP contribution in [-0.2, 0) is 11.2 Å². The van der Waals surface area contributed by atoms with Crippen molar-refractivity contribution >= 4 is 93.0 Å². The van der Waals surface area contributed by atoms with Crippen LogP contribution in [0.4, 0.5) is 28.1 Å². The highest BCUT2D eigenvalue weighted by atomic mass is 35.5. The first-order chi connectivity index (χ1) is 35.2. The molecule has 10 rings (SSSR count). The fourth-order valence-corrected chi connectivity index (χ4v) is 10.5. The number of carbonyl (C=O) groups is 3. The summed E-state index contributed by atoms with van der Waals surface area (Å²) in [6.07, 6.45) is 16.5. The van der Waals surface area contributed by atoms with Gasteiger partial charge in [0, 0.05) is 75.7 Å². The zero-order valence-corrected chi connectivity index (χ0v) is 44.1. The van der Waals surface area contributed by atoms with E-state index in [1.807, 2.05) is 69.4 Å². The lowest BCUT2D eigenvalue weighted by Gasteiger charge is -2.29. The van der Waals surface area contributed by atoms with Crippen LogP contribution in [0.15, 0.2) is 122 Å². The van der Waals surface area contributed by atoms with Gasteiger partial charge in [-0.05, 0) is 132 Å². The number of nitrogens with zero attached hydrogens (tertiary/aromatic N) is 4. The Kier molecular flexibility index (Phi) is 17.4. The third-order valence-electron chi connectivity index (χ3n) is 13.8. The molecule has 3 aromatic heterocycles. The number of anilines is 4. The Morgan fingerprint density at radius 3 is 1.89 bits per heavy atom. The zero-order valence-electron chi connectivity index (χ0n) is 41.8. The Morgan fingerprint density at radius 1 is 0.689 bits per heavy atom. The number of H-pyrrole nitrogens is 1. The van der Waals surface area contributed by atoms with E-state index in [-0.39, 0.29) is 30.0 Å². The van der Waals surface area contributed by atoms with E-state index in [0.717, 1.165) is 85.5 Å². The van der Waals surface area contributed by atoms with E-state index in [1.54, 1.807) is 48.8 Å². The number of amides is 1. The first-order valence-electron chi connectivity index (χ1n) is 25.2. The molecule has 0 atom stereocenters. The highest BCUT2D eigenvalue weighted by Gasteiger charge is 2.27. The molecule has 13 nitrogen and oxygen atoms in total. The van der Waals surface area contributed by atoms with Crippen LogP contribution in [0.2, 0.25) is 10.0 Å². The number of nitrogens with two attached hydrogens (primary N) is 1. The van der Waals surface area contributed by atoms with Crippen LogP contribution in [0.1, 0.15) is 123 Å². The molecule has 4 aromatic carbocycles. The van der Waals surface area contributed by atoms with Crippen molar-refractivity contribution < 1.29 is 19.1 Å². The van der Waals surface area contributed by atoms with Gasteiger partial charge in [-0.15, -0.1) is 12.4 Å². The number of nitrogen functional groups attached to an aromatic ring is 1. The van der Waals surface area contributed by atoms with Crippen LogP contribution >= 0.6 is 35.6 Å². The summed E-state index contributed by atoms with van der Waals surface area (Å²) in [4.78, 5) is 59.4. The maximum absolute atomic E-state index is 13.0. The summed E-state index contributed by atoms with van der Waals surface area (Å²) in [6, 6.07) is 31.2. The predicted molar refractivity (Wildman–Crippen MR) is 300 cm³/mol. The Bertz CT molecular complexity index is 3160. The molecule has 74 heavy (non-hydrogen) atoms. The van der Waals surface area contributed by atoms with Gasteiger partial charge in [-0.2, -0.15) is 0 Å². The van der Waals surface area contributed by atoms with Crippen LogP contribution in [-0.4, -0.2) is 60.3 Å². The van der Waals surface area contributed by atoms with Gasteiger partial charge in [0.05, 0.1) is 33.8 Å². The molecule has 16 heteroatoms. The number of hydrogen-bond acceptors (Lipinski definition) is 11. The fourth-order valence-electron chi connectivity index (χ4n) is 10.1. The molecule has 0 unspecified atom stereocenters. The number of para-hydroxylation sites is 1. The number of rotatable bonds is 13. The molecule has 384 valence electrons. The van der Waals surface area contributed by atoms with Gasteiger partial charge in [0.15, 0.2) is 11.6 Å². The Labute approximate surface area is 448 Å². The number of carbonyl (C=O) groups excluding carboxylic acids is 3. The van der Waals surface area contributed by atoms with Gasteiger partial charge in [0.2, 0.25) is 11.9 Å². The average molecular weight is 1060 g/mol. The van der Waals surface area contributed by atoms with Gasteiger partial charge in [0.25, 0.3) is 0 Å². The SMILES string of the molecule is CC(C)(C)OC(=O)Nc1cccc(C(=O)CC2CCC(Nc3ncc(Cl)c(-c4c[nH]c5ccccc45)n3)CC2)c1.Cl.Nc1cccc(C(=O)CC2CCC(Nc3ncc(Cl)c(C4=CCc5ccccc54)n3)CC2)c1. The molecule has 0 aliphatic heterocycles. The third-order valence-corrected chi connectivity index (χ3v) is 14.3. The number of Topliss-reactive ketones (excluding diaryl/α,β-unsaturated/α-hetero) is 2. The maximum Gasteiger partial charge on any atom is 0.412 e. The fraction of sp³-hybridized carbons (Fsp3) is 0.328. The first kappa shape index (κ1) is 53.5. The van der Waals surface area contributed by atoms with Crippen molar-refractivity contribution in [3.63, 3.8) is 0 Å². The molecule has 7 aromatic rings. The van der Waals surface area contributed by atoms with Crippen molar-refractivity contribution in [2.45, 2.75) is 109 Å². The summed E-state index contributed by atoms with van der Waals surface area (Å²) in [5, 5.41) is 11.8. The standard InChI is InChI=1S/C31H34ClN5O3.C27H27ClN4O.ClH/c1-31(2,3)40-30(39)36-22-8-6-7-20(16-22)27(38)15-19-11-13-21(14-12-19)35-29-34-18-25(32)28(37-29)24-17-33-26-10-5-4-9-23(24)26;28-24-16-30-27(32-26(24)23-13-10-18-4-1-2-7-22(18)23)31-21-11-8-17(9-12-21)14-25(33)19-5-3-6-20(29)15-19;/h4-10,16-19,21,33H,11-15H2,1-3H3,(H,36,39)(H,34,35,37);1-7,13,15-17,21H,8-12,14,29H2,(H,30,31,32);1H. The van der Waals surface area contributed by atoms with E-state index in [4.69, 9.17) is 43.6 Å². The monoisotopic (exact) mass is 1050 g/mol. The van der Waals surface area contributed by atoms with Crippen molar-refractivity contribution in [3.05, 3.63) is 160 Å². The number of hydrogen-bond donors (Lipinski definition) is 5. The van der Waals surface area contributed by atoms with Crippen LogP contribution in [0, 0.1) is 11.8 Å². The normalized spacial score (nSPS) is 18.1. The number of benzene rings is 4. The van der Waals surface area contributed by atoms with Gasteiger partial charge < -0.3 is 26.1 Å². The largest absolute Gasteiger partial charge is 0.444 e. The lowest BCUT2D eigenvalue weighted by molar-refractivity contribution is 0.0635. The number of ketones is 2. The molecule has 3 aliphatic carbocycles. The molecule has 2 saturated carbocycles. The summed E-state index contributed by atoms with van der Waals surface area (Å²) < 4.78 is 5.31. The second kappa shape index (κ2) is 24.0. The van der Waals surface area contributed by atoms with Crippen LogP contribution in [0.5, 0.6) is 0 Å². The van der Waals surface area contributed by atoms with E-state index < -0.39 is 11.7 Å². The number of fused-ring (bicyclic) bond motifs is 2. The average Bonchev–Trinajstić information content (AvgIpc) is 4.01. The molecule has 0 saturated heterocycles. The van der Waals surface area contributed by atoms with Crippen molar-refractivity contribution in [3.8, 4) is 11.3 Å². The maximum atomic E-state index is 13.0. The summed E-state index contributed by atoms with van der Waals surface area (Å²) in [5.74, 6) is 2.13. The molecule has 1 amide bonds. The molecule has 3 aliphatic rings. The number of ether oxygens (including phenoxy) is 1. The molecular formula is C58H62Cl3N9O4. The van der Waals surface area contributed by atoms with Crippen LogP contribution in [0.25, 0.3) is 27.7 Å². The molecule has 2 fully saturated rings. The van der Waals surface area contributed by atoms with Gasteiger partial charge >= 0.3 is 6.09 Å². The summed E-state index contributed by atoms with van der Waals surface area (Å²) in [5.41, 5.74) is 14.7. The van der Waals surface area contributed by atoms with Crippen molar-refractivity contribution in [2.75, 3.05) is 21.7 Å². The van der Waals surface area contributed by atoms with Gasteiger partial charge in [-0.3, -0.25) is 14.9 Å². The third kappa shape index (κ3) is 13.7. The van der Waals surface area contributed by atoms with Crippen LogP contribution in [0.3, 0.4) is 0 Å². The van der Waals surface area contributed by atoms with Crippen molar-refractivity contribution in [1.29, 1.82) is 0 Å². The lowest BCUT2D eigenvalue weighted by Crippen LogP contribution is -2.28. The highest BCUT2D eigenvalue weighted by molar-refractivity contribution is 6.33. The van der Waals surface area contributed by atoms with E-state index in [0.29, 0.717) is 80.9 Å². The van der Waals surface area contributed by atoms with E-state index >= 15 is 0 Å². The molecule has 6 N–H and O–H groups in total. The highest BCUT2D eigenvalue weighted by Crippen LogP contribution is 2.37. The van der Waals surface area contributed by atoms with E-state index in [9.17, 15) is 14.4 Å². The lowest BCUT2D eigenvalue weighted by atomic mass is 9.82. The van der Waals surface area contributed by atoms with Gasteiger partial charge in [0.1, 0.15) is 5.60 Å². The van der Waals surface area contributed by atoms with E-state index in [2.05, 4.69) is 55.2 Å². The van der Waals surface area contributed by atoms with Crippen molar-refractivity contribution in [2.24, 2.45) is 11.8 Å². The number of nitrogens with one attached hydrogen (secondary N) is 4. The number of allylic oxidation sites excluding steroid dienone is 1. The number of aromatic nitrogens is 5. The second-order valence-corrected chi connectivity index (χ2v) is 21.1. The Morgan fingerprint density at radius 2 is 1.26 bits per heavy atom. The molecule has 0 radical (unpaired) electrons. The summed E-state index contributed by atoms with van der Waals surface area (Å²) in [7, 11) is 0. The summed E-state index contributed by atoms with van der Waals surface area (Å²) in [6.45, 7) is 5.42. The minimum Gasteiger partial charge on any atom is -0.444 e. The number of aromatic amines is 1. The van der Waals surface area contributed by atoms with Gasteiger partial charge in [-0.25, -0.2) is 24.7 Å². The van der Waals surface area contributed by atoms with Crippen LogP contribution < -0.4 is 21.7 Å². The predicted octanol–water partition coefficient (Wildman–Crippen LogP) is 14.2. The second-order valence-electron chi connectivity index (χ2n) is 20.3. The Balaban J connectivity index is 0.000000198. The smallest absolute Gasteiger partial charge is 0.412 e. The minimum atomic E-state index is -0.593. The van der Waals surface area contributed by atoms with Gasteiger partial charge in [-0.1, -0.05) is 96.0 Å². The Hall–Kier alpha value is -6.80. The quantitative estimate of drug-likeness (QED) is 0.0546. The molecular weight excluding hydrogens is 993 g/mol. The first-order valence-corrected chi connectivity index (χ1v) is 25.9. The van der Waals surface area contributed by atoms with E-state index in [1.165, 1.54) is 11.1 Å². The minimum absolute atomic E-state index is 0. The topological polar surface area (TPSA) is 190 Å². The summed E-state index contributed by atoms with van der Waals surface area (Å²) >= 11 is 13.0.